The van der Waals surface area contributed by atoms with E-state index in [4.69, 9.17) is 20.1 Å². The molecule has 14 heteroatoms. The number of sulfonamides is 1. The number of carbonyl (C=O) groups is 1. The summed E-state index contributed by atoms with van der Waals surface area (Å²) >= 11 is 0. The summed E-state index contributed by atoms with van der Waals surface area (Å²) in [7, 11) is -4.39. The molecule has 1 saturated heterocycles. The van der Waals surface area contributed by atoms with Gasteiger partial charge in [-0.05, 0) is 12.5 Å². The van der Waals surface area contributed by atoms with Gasteiger partial charge in [0.2, 0.25) is 10.0 Å². The lowest BCUT2D eigenvalue weighted by atomic mass is 10.1. The number of hydrogen-bond acceptors (Lipinski definition) is 8. The summed E-state index contributed by atoms with van der Waals surface area (Å²) in [4.78, 5) is 39.3. The lowest BCUT2D eigenvalue weighted by molar-refractivity contribution is -0.149. The summed E-state index contributed by atoms with van der Waals surface area (Å²) in [6.45, 7) is 2.55. The van der Waals surface area contributed by atoms with Gasteiger partial charge in [0.25, 0.3) is 5.56 Å². The van der Waals surface area contributed by atoms with Crippen LogP contribution in [0, 0.1) is 6.92 Å². The second-order valence-electron chi connectivity index (χ2n) is 5.60. The Morgan fingerprint density at radius 2 is 2.23 bits per heavy atom. The number of aryl methyl sites for hydroxylation is 1. The number of carbonyl (C=O) groups excluding carboxylic acids is 1. The molecule has 0 radical (unpaired) electrons. The first-order valence-corrected chi connectivity index (χ1v) is 8.86. The largest absolute Gasteiger partial charge is 0.460 e. The molecule has 0 aromatic carbocycles. The number of H-pyrrole nitrogens is 1. The van der Waals surface area contributed by atoms with Gasteiger partial charge in [0.1, 0.15) is 18.4 Å². The molecule has 1 aliphatic heterocycles. The molecule has 1 unspecified atom stereocenters. The van der Waals surface area contributed by atoms with Gasteiger partial charge in [-0.25, -0.2) is 18.4 Å². The molecule has 1 aliphatic rings. The molecule has 2 rings (SSSR count). The Kier molecular flexibility index (Phi) is 5.51. The average molecular weight is 388 g/mol. The molecule has 0 saturated carbocycles. The molecule has 1 aromatic heterocycles. The maximum absolute atomic E-state index is 12.0. The van der Waals surface area contributed by atoms with E-state index in [1.165, 1.54) is 13.1 Å². The number of hydrogen-bond donors (Lipinski definition) is 2. The molecule has 4 atom stereocenters. The molecule has 13 nitrogen and oxygen atoms in total. The SMILES string of the molecule is CC(=O)O[C@H]1C[C@H](n2cc(C)c(=O)[nH]c2=O)O[C@@H]1C(N=[N+]=[N-])S(N)(=O)=O. The Morgan fingerprint density at radius 3 is 2.77 bits per heavy atom. The summed E-state index contributed by atoms with van der Waals surface area (Å²) in [6, 6.07) is 0. The summed E-state index contributed by atoms with van der Waals surface area (Å²) in [5, 5.41) is 6.32. The van der Waals surface area contributed by atoms with Crippen LogP contribution in [-0.2, 0) is 24.3 Å². The second kappa shape index (κ2) is 7.29. The third-order valence-corrected chi connectivity index (χ3v) is 4.71. The minimum absolute atomic E-state index is 0.122. The maximum atomic E-state index is 12.0. The molecule has 0 bridgehead atoms. The fourth-order valence-electron chi connectivity index (χ4n) is 2.59. The predicted octanol–water partition coefficient (Wildman–Crippen LogP) is -1.01. The summed E-state index contributed by atoms with van der Waals surface area (Å²) < 4.78 is 35.0. The van der Waals surface area contributed by atoms with Crippen molar-refractivity contribution in [2.45, 2.75) is 44.1 Å². The zero-order valence-electron chi connectivity index (χ0n) is 13.7. The van der Waals surface area contributed by atoms with Crippen LogP contribution in [-0.4, -0.2) is 41.5 Å². The molecule has 1 aromatic rings. The van der Waals surface area contributed by atoms with Crippen LogP contribution in [0.15, 0.2) is 20.9 Å². The fraction of sp³-hybridized carbons (Fsp3) is 0.583. The number of esters is 1. The fourth-order valence-corrected chi connectivity index (χ4v) is 3.37. The summed E-state index contributed by atoms with van der Waals surface area (Å²) in [5.74, 6) is -0.733. The molecule has 3 N–H and O–H groups in total. The van der Waals surface area contributed by atoms with Crippen LogP contribution in [0.3, 0.4) is 0 Å². The highest BCUT2D eigenvalue weighted by atomic mass is 32.2. The number of azide groups is 1. The van der Waals surface area contributed by atoms with Crippen LogP contribution in [0.2, 0.25) is 0 Å². The van der Waals surface area contributed by atoms with E-state index in [2.05, 4.69) is 15.0 Å². The lowest BCUT2D eigenvalue weighted by Crippen LogP contribution is -2.43. The van der Waals surface area contributed by atoms with Crippen molar-refractivity contribution in [2.75, 3.05) is 0 Å². The lowest BCUT2D eigenvalue weighted by Gasteiger charge is -2.22. The Hall–Kier alpha value is -2.67. The van der Waals surface area contributed by atoms with Crippen LogP contribution in [0.25, 0.3) is 10.4 Å². The molecular weight excluding hydrogens is 372 g/mol. The Morgan fingerprint density at radius 1 is 1.58 bits per heavy atom. The third kappa shape index (κ3) is 4.11. The van der Waals surface area contributed by atoms with E-state index >= 15 is 0 Å². The minimum Gasteiger partial charge on any atom is -0.460 e. The van der Waals surface area contributed by atoms with Crippen molar-refractivity contribution in [3.63, 3.8) is 0 Å². The van der Waals surface area contributed by atoms with Crippen molar-refractivity contribution in [1.29, 1.82) is 0 Å². The van der Waals surface area contributed by atoms with Crippen molar-refractivity contribution in [1.82, 2.24) is 9.55 Å². The standard InChI is InChI=1S/C12H16N6O7S/c1-5-4-18(12(21)15-10(5)20)8-3-7(24-6(2)19)9(25-8)11(16-17-13)26(14,22)23/h4,7-9,11H,3H2,1-2H3,(H2,14,22,23)(H,15,20,21)/t7-,8+,9-,11?/m0/s1. The van der Waals surface area contributed by atoms with E-state index in [1.54, 1.807) is 0 Å². The van der Waals surface area contributed by atoms with Crippen molar-refractivity contribution < 1.29 is 22.7 Å². The third-order valence-electron chi connectivity index (χ3n) is 3.67. The van der Waals surface area contributed by atoms with Gasteiger partial charge in [0.05, 0.1) is 0 Å². The highest BCUT2D eigenvalue weighted by Crippen LogP contribution is 2.34. The molecule has 1 fully saturated rings. The smallest absolute Gasteiger partial charge is 0.330 e. The number of ether oxygens (including phenoxy) is 2. The Balaban J connectivity index is 2.47. The molecular formula is C12H16N6O7S. The Bertz CT molecular complexity index is 977. The predicted molar refractivity (Wildman–Crippen MR) is 86.2 cm³/mol. The van der Waals surface area contributed by atoms with Crippen molar-refractivity contribution >= 4 is 16.0 Å². The first-order chi connectivity index (χ1) is 12.0. The second-order valence-corrected chi connectivity index (χ2v) is 7.26. The molecule has 0 aliphatic carbocycles. The highest BCUT2D eigenvalue weighted by Gasteiger charge is 2.47. The van der Waals surface area contributed by atoms with Crippen molar-refractivity contribution in [3.05, 3.63) is 43.0 Å². The van der Waals surface area contributed by atoms with Crippen molar-refractivity contribution in [3.8, 4) is 0 Å². The first kappa shape index (κ1) is 19.7. The van der Waals surface area contributed by atoms with Crippen LogP contribution in [0.4, 0.5) is 0 Å². The number of nitrogens with two attached hydrogens (primary N) is 1. The van der Waals surface area contributed by atoms with Gasteiger partial charge in [0.15, 0.2) is 5.37 Å². The zero-order chi connectivity index (χ0) is 19.6. The van der Waals surface area contributed by atoms with E-state index in [9.17, 15) is 22.8 Å². The molecule has 26 heavy (non-hydrogen) atoms. The highest BCUT2D eigenvalue weighted by molar-refractivity contribution is 7.89. The zero-order valence-corrected chi connectivity index (χ0v) is 14.5. The number of aromatic amines is 1. The number of nitrogens with zero attached hydrogens (tertiary/aromatic N) is 4. The Labute approximate surface area is 146 Å². The average Bonchev–Trinajstić information content (AvgIpc) is 2.89. The van der Waals surface area contributed by atoms with Gasteiger partial charge in [0, 0.05) is 30.0 Å². The molecule has 2 heterocycles. The van der Waals surface area contributed by atoms with Crippen LogP contribution < -0.4 is 16.4 Å². The van der Waals surface area contributed by atoms with Gasteiger partial charge >= 0.3 is 11.7 Å². The van der Waals surface area contributed by atoms with Gasteiger partial charge in [-0.2, -0.15) is 0 Å². The maximum Gasteiger partial charge on any atom is 0.330 e. The quantitative estimate of drug-likeness (QED) is 0.278. The molecule has 0 spiro atoms. The normalized spacial score (nSPS) is 23.9. The summed E-state index contributed by atoms with van der Waals surface area (Å²) in [5.41, 5.74) is 7.42. The van der Waals surface area contributed by atoms with Gasteiger partial charge in [-0.3, -0.25) is 19.1 Å². The van der Waals surface area contributed by atoms with Gasteiger partial charge in [-0.15, -0.1) is 0 Å². The summed E-state index contributed by atoms with van der Waals surface area (Å²) in [6.07, 6.45) is -2.56. The van der Waals surface area contributed by atoms with Crippen molar-refractivity contribution in [2.24, 2.45) is 10.3 Å². The number of primary sulfonamides is 1. The van der Waals surface area contributed by atoms with E-state index in [0.29, 0.717) is 0 Å². The van der Waals surface area contributed by atoms with Crippen LogP contribution >= 0.6 is 0 Å². The number of aromatic nitrogens is 2. The van der Waals surface area contributed by atoms with E-state index in [1.807, 2.05) is 0 Å². The van der Waals surface area contributed by atoms with Crippen LogP contribution in [0.1, 0.15) is 25.1 Å². The molecule has 142 valence electrons. The van der Waals surface area contributed by atoms with Gasteiger partial charge in [-0.1, -0.05) is 5.11 Å². The van der Waals surface area contributed by atoms with Crippen LogP contribution in [0.5, 0.6) is 0 Å². The van der Waals surface area contributed by atoms with Gasteiger partial charge < -0.3 is 9.47 Å². The number of rotatable bonds is 5. The van der Waals surface area contributed by atoms with E-state index < -0.39 is 51.1 Å². The first-order valence-electron chi connectivity index (χ1n) is 7.25. The monoisotopic (exact) mass is 388 g/mol. The molecule has 0 amide bonds. The topological polar surface area (TPSA) is 199 Å². The minimum atomic E-state index is -4.39. The van der Waals surface area contributed by atoms with E-state index in [-0.39, 0.29) is 12.0 Å². The number of nitrogens with one attached hydrogen (secondary N) is 1. The van der Waals surface area contributed by atoms with E-state index in [0.717, 1.165) is 11.5 Å².